The third kappa shape index (κ3) is 12.3. The molecule has 0 saturated heterocycles. The molecule has 0 aliphatic heterocycles. The Labute approximate surface area is 212 Å². The minimum absolute atomic E-state index is 0.319. The first-order valence-corrected chi connectivity index (χ1v) is 13.1. The van der Waals surface area contributed by atoms with Crippen molar-refractivity contribution in [2.45, 2.75) is 71.1 Å². The number of carbonyl (C=O) groups excluding carboxylic acids is 1. The molecule has 35 heavy (non-hydrogen) atoms. The maximum atomic E-state index is 11.6. The Kier molecular flexibility index (Phi) is 14.7. The smallest absolute Gasteiger partial charge is 0.337 e. The first-order chi connectivity index (χ1) is 17.2. The molecule has 3 heteroatoms. The van der Waals surface area contributed by atoms with Crippen molar-refractivity contribution in [3.8, 4) is 16.9 Å². The number of carbonyl (C=O) groups is 1. The molecule has 2 rings (SSSR count). The van der Waals surface area contributed by atoms with E-state index in [0.717, 1.165) is 49.2 Å². The molecule has 3 nitrogen and oxygen atoms in total. The third-order valence-corrected chi connectivity index (χ3v) is 5.80. The predicted molar refractivity (Wildman–Crippen MR) is 148 cm³/mol. The maximum Gasteiger partial charge on any atom is 0.337 e. The molecule has 0 fully saturated rings. The van der Waals surface area contributed by atoms with Crippen molar-refractivity contribution in [3.63, 3.8) is 0 Å². The fourth-order valence-corrected chi connectivity index (χ4v) is 3.68. The summed E-state index contributed by atoms with van der Waals surface area (Å²) in [5.41, 5.74) is 2.71. The van der Waals surface area contributed by atoms with E-state index in [-0.39, 0.29) is 5.97 Å². The third-order valence-electron chi connectivity index (χ3n) is 5.80. The molecule has 0 saturated carbocycles. The van der Waals surface area contributed by atoms with E-state index in [2.05, 4.69) is 43.4 Å². The second-order valence-electron chi connectivity index (χ2n) is 8.67. The lowest BCUT2D eigenvalue weighted by molar-refractivity contribution is 0.0600. The second-order valence-corrected chi connectivity index (χ2v) is 8.67. The van der Waals surface area contributed by atoms with Gasteiger partial charge in [-0.05, 0) is 86.8 Å². The number of ether oxygens (including phenoxy) is 2. The molecule has 0 unspecified atom stereocenters. The molecule has 0 atom stereocenters. The van der Waals surface area contributed by atoms with Crippen molar-refractivity contribution in [2.75, 3.05) is 13.7 Å². The van der Waals surface area contributed by atoms with Crippen LogP contribution in [0.4, 0.5) is 0 Å². The summed E-state index contributed by atoms with van der Waals surface area (Å²) in [7, 11) is 1.39. The van der Waals surface area contributed by atoms with E-state index in [4.69, 9.17) is 9.47 Å². The molecule has 0 spiro atoms. The monoisotopic (exact) mass is 474 g/mol. The molecule has 2 aromatic carbocycles. The van der Waals surface area contributed by atoms with Gasteiger partial charge in [0.15, 0.2) is 0 Å². The summed E-state index contributed by atoms with van der Waals surface area (Å²) in [4.78, 5) is 11.6. The fourth-order valence-electron chi connectivity index (χ4n) is 3.68. The van der Waals surface area contributed by atoms with E-state index in [0.29, 0.717) is 5.56 Å². The van der Waals surface area contributed by atoms with Gasteiger partial charge >= 0.3 is 5.97 Å². The molecule has 0 heterocycles. The molecule has 2 aromatic rings. The van der Waals surface area contributed by atoms with Crippen LogP contribution in [0.5, 0.6) is 5.75 Å². The van der Waals surface area contributed by atoms with Crippen molar-refractivity contribution < 1.29 is 14.3 Å². The van der Waals surface area contributed by atoms with Crippen LogP contribution in [0.1, 0.15) is 81.5 Å². The Hall–Kier alpha value is -3.07. The number of benzene rings is 2. The Morgan fingerprint density at radius 3 is 1.80 bits per heavy atom. The van der Waals surface area contributed by atoms with Crippen LogP contribution in [-0.2, 0) is 4.74 Å². The van der Waals surface area contributed by atoms with Gasteiger partial charge in [-0.25, -0.2) is 4.79 Å². The topological polar surface area (TPSA) is 35.5 Å². The minimum Gasteiger partial charge on any atom is -0.494 e. The summed E-state index contributed by atoms with van der Waals surface area (Å²) < 4.78 is 10.6. The van der Waals surface area contributed by atoms with Crippen molar-refractivity contribution in [1.82, 2.24) is 0 Å². The zero-order chi connectivity index (χ0) is 25.0. The molecule has 0 aromatic heterocycles. The van der Waals surface area contributed by atoms with Crippen LogP contribution in [0.25, 0.3) is 11.1 Å². The first kappa shape index (κ1) is 28.2. The lowest BCUT2D eigenvalue weighted by atomic mass is 10.0. The van der Waals surface area contributed by atoms with E-state index < -0.39 is 0 Å². The van der Waals surface area contributed by atoms with Gasteiger partial charge in [0.05, 0.1) is 19.3 Å². The van der Waals surface area contributed by atoms with E-state index in [1.165, 1.54) is 45.6 Å². The number of hydrogen-bond acceptors (Lipinski definition) is 3. The van der Waals surface area contributed by atoms with Gasteiger partial charge in [0.25, 0.3) is 0 Å². The summed E-state index contributed by atoms with van der Waals surface area (Å²) in [6.07, 6.45) is 25.5. The highest BCUT2D eigenvalue weighted by Crippen LogP contribution is 2.23. The number of rotatable bonds is 17. The SMILES string of the molecule is CCCCC/C=C\C/C=C\C/C=C\CCCCCOc1ccc(-c2ccc(C(=O)OC)cc2)cc1. The fraction of sp³-hybridized carbons (Fsp3) is 0.406. The second kappa shape index (κ2) is 18.3. The summed E-state index contributed by atoms with van der Waals surface area (Å²) in [5, 5.41) is 0. The van der Waals surface area contributed by atoms with Gasteiger partial charge in [-0.2, -0.15) is 0 Å². The summed E-state index contributed by atoms with van der Waals surface area (Å²) >= 11 is 0. The van der Waals surface area contributed by atoms with Gasteiger partial charge in [-0.3, -0.25) is 0 Å². The Bertz CT molecular complexity index is 905. The van der Waals surface area contributed by atoms with Crippen LogP contribution in [0.3, 0.4) is 0 Å². The van der Waals surface area contributed by atoms with Gasteiger partial charge in [0.2, 0.25) is 0 Å². The quantitative estimate of drug-likeness (QED) is 0.130. The summed E-state index contributed by atoms with van der Waals surface area (Å²) in [6.45, 7) is 2.99. The lowest BCUT2D eigenvalue weighted by Crippen LogP contribution is -2.00. The average molecular weight is 475 g/mol. The van der Waals surface area contributed by atoms with E-state index in [1.54, 1.807) is 12.1 Å². The standard InChI is InChI=1S/C32H42O3/c1-3-4-5-6-7-8-9-10-11-12-13-14-15-16-17-18-27-35-31-25-23-29(24-26-31)28-19-21-30(22-20-28)32(33)34-2/h7-8,10-11,13-14,19-26H,3-6,9,12,15-18,27H2,1-2H3/b8-7-,11-10-,14-13-. The average Bonchev–Trinajstić information content (AvgIpc) is 2.90. The zero-order valence-corrected chi connectivity index (χ0v) is 21.6. The molecule has 0 bridgehead atoms. The number of esters is 1. The number of methoxy groups -OCH3 is 1. The van der Waals surface area contributed by atoms with Crippen LogP contribution in [0, 0.1) is 0 Å². The van der Waals surface area contributed by atoms with Gasteiger partial charge in [-0.15, -0.1) is 0 Å². The maximum absolute atomic E-state index is 11.6. The Balaban J connectivity index is 1.52. The Morgan fingerprint density at radius 2 is 1.23 bits per heavy atom. The first-order valence-electron chi connectivity index (χ1n) is 13.1. The highest BCUT2D eigenvalue weighted by atomic mass is 16.5. The van der Waals surface area contributed by atoms with Crippen LogP contribution in [0.2, 0.25) is 0 Å². The van der Waals surface area contributed by atoms with E-state index >= 15 is 0 Å². The molecule has 0 radical (unpaired) electrons. The van der Waals surface area contributed by atoms with Gasteiger partial charge in [0.1, 0.15) is 5.75 Å². The molecule has 0 aliphatic rings. The molecule has 0 amide bonds. The normalized spacial score (nSPS) is 11.6. The number of unbranched alkanes of at least 4 members (excludes halogenated alkanes) is 6. The molecular formula is C32H42O3. The van der Waals surface area contributed by atoms with Crippen LogP contribution in [-0.4, -0.2) is 19.7 Å². The molecule has 188 valence electrons. The number of hydrogen-bond donors (Lipinski definition) is 0. The molecule has 0 aliphatic carbocycles. The highest BCUT2D eigenvalue weighted by Gasteiger charge is 2.05. The van der Waals surface area contributed by atoms with E-state index in [1.807, 2.05) is 36.4 Å². The van der Waals surface area contributed by atoms with Gasteiger partial charge < -0.3 is 9.47 Å². The lowest BCUT2D eigenvalue weighted by Gasteiger charge is -2.08. The number of allylic oxidation sites excluding steroid dienone is 6. The van der Waals surface area contributed by atoms with Crippen LogP contribution < -0.4 is 4.74 Å². The van der Waals surface area contributed by atoms with Crippen LogP contribution >= 0.6 is 0 Å². The summed E-state index contributed by atoms with van der Waals surface area (Å²) in [6, 6.07) is 15.5. The molecule has 0 N–H and O–H groups in total. The van der Waals surface area contributed by atoms with Crippen molar-refractivity contribution in [3.05, 3.63) is 90.6 Å². The molecular weight excluding hydrogens is 432 g/mol. The van der Waals surface area contributed by atoms with Crippen molar-refractivity contribution in [2.24, 2.45) is 0 Å². The predicted octanol–water partition coefficient (Wildman–Crippen LogP) is 9.11. The largest absolute Gasteiger partial charge is 0.494 e. The Morgan fingerprint density at radius 1 is 0.686 bits per heavy atom. The van der Waals surface area contributed by atoms with Crippen LogP contribution in [0.15, 0.2) is 85.0 Å². The highest BCUT2D eigenvalue weighted by molar-refractivity contribution is 5.89. The van der Waals surface area contributed by atoms with Crippen molar-refractivity contribution in [1.29, 1.82) is 0 Å². The van der Waals surface area contributed by atoms with Gasteiger partial charge in [-0.1, -0.05) is 80.5 Å². The van der Waals surface area contributed by atoms with E-state index in [9.17, 15) is 4.79 Å². The minimum atomic E-state index is -0.319. The summed E-state index contributed by atoms with van der Waals surface area (Å²) in [5.74, 6) is 0.572. The van der Waals surface area contributed by atoms with Gasteiger partial charge in [0, 0.05) is 0 Å². The zero-order valence-electron chi connectivity index (χ0n) is 21.6. The van der Waals surface area contributed by atoms with Crippen molar-refractivity contribution >= 4 is 5.97 Å².